The van der Waals surface area contributed by atoms with Gasteiger partial charge in [0.25, 0.3) is 5.91 Å². The van der Waals surface area contributed by atoms with Gasteiger partial charge in [0, 0.05) is 29.1 Å². The smallest absolute Gasteiger partial charge is 0.308 e. The van der Waals surface area contributed by atoms with Crippen molar-refractivity contribution in [3.63, 3.8) is 0 Å². The van der Waals surface area contributed by atoms with E-state index < -0.39 is 12.2 Å². The number of hydrogen-bond acceptors (Lipinski definition) is 6. The van der Waals surface area contributed by atoms with Gasteiger partial charge in [0.15, 0.2) is 0 Å². The van der Waals surface area contributed by atoms with Gasteiger partial charge in [-0.25, -0.2) is 4.79 Å². The maximum absolute atomic E-state index is 13.6. The number of hydrogen-bond donors (Lipinski definition) is 3. The van der Waals surface area contributed by atoms with Crippen LogP contribution in [0.3, 0.4) is 0 Å². The Balaban J connectivity index is 1.60. The number of nitrogens with zero attached hydrogens (tertiary/aromatic N) is 5. The minimum Gasteiger partial charge on any atom is -0.308 e. The van der Waals surface area contributed by atoms with Crippen molar-refractivity contribution in [1.82, 2.24) is 25.9 Å². The Labute approximate surface area is 197 Å². The summed E-state index contributed by atoms with van der Waals surface area (Å²) in [7, 11) is 0. The SMILES string of the molecule is CC(C)CN1C(=O)[C@H](NC(=O)Nc2cccc(-c3nn[nH]n3)c2)N=C(C(C)C)c2ccccc21. The average Bonchev–Trinajstić information content (AvgIpc) is 3.31. The second-order valence-electron chi connectivity index (χ2n) is 8.85. The Bertz CT molecular complexity index is 1200. The summed E-state index contributed by atoms with van der Waals surface area (Å²) in [6, 6.07) is 14.3. The first-order valence-electron chi connectivity index (χ1n) is 11.2. The van der Waals surface area contributed by atoms with Crippen molar-refractivity contribution in [3.8, 4) is 11.4 Å². The number of carbonyl (C=O) groups is 2. The van der Waals surface area contributed by atoms with Gasteiger partial charge in [-0.1, -0.05) is 58.0 Å². The minimum atomic E-state index is -1.05. The second-order valence-corrected chi connectivity index (χ2v) is 8.85. The van der Waals surface area contributed by atoms with Crippen molar-refractivity contribution in [2.45, 2.75) is 33.9 Å². The predicted octanol–water partition coefficient (Wildman–Crippen LogP) is 3.46. The monoisotopic (exact) mass is 460 g/mol. The Kier molecular flexibility index (Phi) is 6.67. The van der Waals surface area contributed by atoms with E-state index in [4.69, 9.17) is 4.99 Å². The molecule has 10 heteroatoms. The molecule has 0 aliphatic carbocycles. The zero-order valence-electron chi connectivity index (χ0n) is 19.6. The first kappa shape index (κ1) is 23.1. The number of fused-ring (bicyclic) bond motifs is 1. The van der Waals surface area contributed by atoms with Crippen LogP contribution in [0.25, 0.3) is 11.4 Å². The lowest BCUT2D eigenvalue weighted by molar-refractivity contribution is -0.120. The van der Waals surface area contributed by atoms with E-state index in [1.54, 1.807) is 23.1 Å². The summed E-state index contributed by atoms with van der Waals surface area (Å²) < 4.78 is 0. The molecule has 0 bridgehead atoms. The highest BCUT2D eigenvalue weighted by Crippen LogP contribution is 2.29. The lowest BCUT2D eigenvalue weighted by atomic mass is 9.98. The molecule has 2 heterocycles. The van der Waals surface area contributed by atoms with E-state index in [0.29, 0.717) is 23.6 Å². The summed E-state index contributed by atoms with van der Waals surface area (Å²) in [6.07, 6.45) is -1.05. The molecule has 1 aliphatic heterocycles. The zero-order valence-corrected chi connectivity index (χ0v) is 19.6. The van der Waals surface area contributed by atoms with Gasteiger partial charge in [-0.3, -0.25) is 9.79 Å². The number of benzodiazepines with no additional fused rings is 1. The molecule has 1 aliphatic rings. The fraction of sp³-hybridized carbons (Fsp3) is 0.333. The first-order chi connectivity index (χ1) is 16.3. The zero-order chi connectivity index (χ0) is 24.2. The van der Waals surface area contributed by atoms with Gasteiger partial charge in [-0.05, 0) is 35.2 Å². The van der Waals surface area contributed by atoms with Crippen LogP contribution in [0.15, 0.2) is 53.5 Å². The van der Waals surface area contributed by atoms with Gasteiger partial charge in [0.05, 0.1) is 5.69 Å². The number of aromatic nitrogens is 4. The molecular formula is C24H28N8O2. The molecular weight excluding hydrogens is 432 g/mol. The number of para-hydroxylation sites is 1. The van der Waals surface area contributed by atoms with Gasteiger partial charge in [0.1, 0.15) is 0 Å². The first-order valence-corrected chi connectivity index (χ1v) is 11.2. The number of amides is 3. The van der Waals surface area contributed by atoms with Crippen molar-refractivity contribution in [2.24, 2.45) is 16.8 Å². The number of rotatable bonds is 6. The number of urea groups is 1. The number of carbonyl (C=O) groups excluding carboxylic acids is 2. The summed E-state index contributed by atoms with van der Waals surface area (Å²) in [5, 5.41) is 19.4. The lowest BCUT2D eigenvalue weighted by Crippen LogP contribution is -2.49. The minimum absolute atomic E-state index is 0.0620. The maximum atomic E-state index is 13.6. The van der Waals surface area contributed by atoms with Gasteiger partial charge >= 0.3 is 6.03 Å². The third kappa shape index (κ3) is 4.95. The lowest BCUT2D eigenvalue weighted by Gasteiger charge is -2.27. The van der Waals surface area contributed by atoms with Crippen LogP contribution in [-0.2, 0) is 4.79 Å². The molecule has 1 aromatic heterocycles. The van der Waals surface area contributed by atoms with Crippen LogP contribution in [0.4, 0.5) is 16.2 Å². The number of H-pyrrole nitrogens is 1. The van der Waals surface area contributed by atoms with E-state index in [-0.39, 0.29) is 17.7 Å². The van der Waals surface area contributed by atoms with Crippen LogP contribution in [0.2, 0.25) is 0 Å². The third-order valence-electron chi connectivity index (χ3n) is 5.33. The van der Waals surface area contributed by atoms with Gasteiger partial charge < -0.3 is 15.5 Å². The molecule has 0 saturated heterocycles. The summed E-state index contributed by atoms with van der Waals surface area (Å²) in [5.41, 5.74) is 3.71. The van der Waals surface area contributed by atoms with E-state index in [9.17, 15) is 9.59 Å². The summed E-state index contributed by atoms with van der Waals surface area (Å²) in [4.78, 5) is 32.9. The highest BCUT2D eigenvalue weighted by Gasteiger charge is 2.33. The molecule has 10 nitrogen and oxygen atoms in total. The quantitative estimate of drug-likeness (QED) is 0.519. The number of nitrogens with one attached hydrogen (secondary N) is 3. The molecule has 34 heavy (non-hydrogen) atoms. The van der Waals surface area contributed by atoms with E-state index in [1.165, 1.54) is 0 Å². The number of tetrazole rings is 1. The van der Waals surface area contributed by atoms with Crippen LogP contribution in [0.1, 0.15) is 33.3 Å². The van der Waals surface area contributed by atoms with Crippen LogP contribution < -0.4 is 15.5 Å². The van der Waals surface area contributed by atoms with Crippen molar-refractivity contribution in [3.05, 3.63) is 54.1 Å². The van der Waals surface area contributed by atoms with E-state index in [0.717, 1.165) is 17.0 Å². The molecule has 3 amide bonds. The van der Waals surface area contributed by atoms with Crippen molar-refractivity contribution < 1.29 is 9.59 Å². The van der Waals surface area contributed by atoms with Crippen LogP contribution in [0, 0.1) is 11.8 Å². The Morgan fingerprint density at radius 3 is 2.62 bits per heavy atom. The molecule has 176 valence electrons. The van der Waals surface area contributed by atoms with Gasteiger partial charge in [-0.2, -0.15) is 5.21 Å². The third-order valence-corrected chi connectivity index (χ3v) is 5.33. The topological polar surface area (TPSA) is 128 Å². The van der Waals surface area contributed by atoms with E-state index >= 15 is 0 Å². The number of anilines is 2. The summed E-state index contributed by atoms with van der Waals surface area (Å²) in [6.45, 7) is 8.68. The maximum Gasteiger partial charge on any atom is 0.321 e. The van der Waals surface area contributed by atoms with Crippen molar-refractivity contribution in [2.75, 3.05) is 16.8 Å². The average molecular weight is 461 g/mol. The number of aliphatic imine (C=N–C) groups is 1. The predicted molar refractivity (Wildman–Crippen MR) is 131 cm³/mol. The highest BCUT2D eigenvalue weighted by atomic mass is 16.2. The van der Waals surface area contributed by atoms with Crippen LogP contribution in [0.5, 0.6) is 0 Å². The van der Waals surface area contributed by atoms with E-state index in [2.05, 4.69) is 45.1 Å². The van der Waals surface area contributed by atoms with Crippen LogP contribution in [-0.4, -0.2) is 51.0 Å². The molecule has 1 atom stereocenters. The van der Waals surface area contributed by atoms with Gasteiger partial charge in [-0.15, -0.1) is 10.2 Å². The fourth-order valence-corrected chi connectivity index (χ4v) is 3.87. The molecule has 0 saturated carbocycles. The Hall–Kier alpha value is -4.08. The summed E-state index contributed by atoms with van der Waals surface area (Å²) >= 11 is 0. The fourth-order valence-electron chi connectivity index (χ4n) is 3.87. The van der Waals surface area contributed by atoms with Crippen molar-refractivity contribution >= 4 is 29.0 Å². The normalized spacial score (nSPS) is 15.7. The van der Waals surface area contributed by atoms with Crippen molar-refractivity contribution in [1.29, 1.82) is 0 Å². The van der Waals surface area contributed by atoms with E-state index in [1.807, 2.05) is 44.2 Å². The van der Waals surface area contributed by atoms with Crippen LogP contribution >= 0.6 is 0 Å². The number of aromatic amines is 1. The largest absolute Gasteiger partial charge is 0.321 e. The standard InChI is InChI=1S/C24H28N8O2/c1-14(2)13-32-19-11-6-5-10-18(19)20(15(3)4)26-22(23(32)33)27-24(34)25-17-9-7-8-16(12-17)21-28-30-31-29-21/h5-12,14-15,22H,13H2,1-4H3,(H2,25,27,34)(H,28,29,30,31)/t22-/m0/s1. The number of benzene rings is 2. The summed E-state index contributed by atoms with van der Waals surface area (Å²) in [5.74, 6) is 0.440. The Morgan fingerprint density at radius 1 is 1.12 bits per heavy atom. The molecule has 3 aromatic rings. The molecule has 0 spiro atoms. The van der Waals surface area contributed by atoms with Gasteiger partial charge in [0.2, 0.25) is 12.0 Å². The molecule has 2 aromatic carbocycles. The molecule has 3 N–H and O–H groups in total. The molecule has 0 fully saturated rings. The highest BCUT2D eigenvalue weighted by molar-refractivity contribution is 6.14. The Morgan fingerprint density at radius 2 is 1.91 bits per heavy atom. The molecule has 0 radical (unpaired) electrons. The molecule has 0 unspecified atom stereocenters. The molecule has 4 rings (SSSR count). The second kappa shape index (κ2) is 9.82.